The minimum Gasteiger partial charge on any atom is -0.384 e. The third-order valence-corrected chi connectivity index (χ3v) is 3.28. The van der Waals surface area contributed by atoms with Crippen molar-refractivity contribution in [1.29, 1.82) is 5.26 Å². The Kier molecular flexibility index (Phi) is 5.13. The number of nitrogens with one attached hydrogen (secondary N) is 2. The number of anilines is 1. The maximum absolute atomic E-state index is 13.0. The van der Waals surface area contributed by atoms with Crippen molar-refractivity contribution < 1.29 is 4.39 Å². The molecule has 1 saturated heterocycles. The van der Waals surface area contributed by atoms with Crippen LogP contribution in [0.1, 0.15) is 12.0 Å². The number of nitrogens with zero attached hydrogens (tertiary/aromatic N) is 2. The Bertz CT molecular complexity index is 449. The summed E-state index contributed by atoms with van der Waals surface area (Å²) in [6.45, 7) is 6.16. The first kappa shape index (κ1) is 13.8. The van der Waals surface area contributed by atoms with Gasteiger partial charge in [-0.05, 0) is 31.2 Å². The lowest BCUT2D eigenvalue weighted by atomic mass is 10.2. The van der Waals surface area contributed by atoms with Crippen molar-refractivity contribution in [3.8, 4) is 6.07 Å². The number of rotatable bonds is 5. The number of nitriles is 1. The van der Waals surface area contributed by atoms with Crippen LogP contribution < -0.4 is 10.6 Å². The molecule has 1 heterocycles. The zero-order valence-electron chi connectivity index (χ0n) is 11.0. The molecule has 5 heteroatoms. The van der Waals surface area contributed by atoms with Crippen molar-refractivity contribution in [1.82, 2.24) is 10.2 Å². The largest absolute Gasteiger partial charge is 0.384 e. The molecular weight excluding hydrogens is 243 g/mol. The molecule has 1 aromatic carbocycles. The van der Waals surface area contributed by atoms with Gasteiger partial charge in [-0.2, -0.15) is 5.26 Å². The summed E-state index contributed by atoms with van der Waals surface area (Å²) in [5.74, 6) is -0.372. The van der Waals surface area contributed by atoms with E-state index in [1.165, 1.54) is 12.1 Å². The molecule has 0 aromatic heterocycles. The van der Waals surface area contributed by atoms with E-state index in [0.717, 1.165) is 45.7 Å². The molecule has 2 N–H and O–H groups in total. The Morgan fingerprint density at radius 3 is 2.89 bits per heavy atom. The molecule has 1 aromatic rings. The van der Waals surface area contributed by atoms with Crippen LogP contribution in [0.4, 0.5) is 10.1 Å². The Morgan fingerprint density at radius 2 is 2.16 bits per heavy atom. The van der Waals surface area contributed by atoms with Gasteiger partial charge in [0.25, 0.3) is 0 Å². The van der Waals surface area contributed by atoms with Crippen molar-refractivity contribution in [3.05, 3.63) is 29.6 Å². The second-order valence-electron chi connectivity index (χ2n) is 4.67. The van der Waals surface area contributed by atoms with Gasteiger partial charge in [0.2, 0.25) is 0 Å². The Balaban J connectivity index is 1.75. The van der Waals surface area contributed by atoms with E-state index < -0.39 is 0 Å². The third-order valence-electron chi connectivity index (χ3n) is 3.28. The van der Waals surface area contributed by atoms with E-state index >= 15 is 0 Å². The fourth-order valence-corrected chi connectivity index (χ4v) is 2.22. The van der Waals surface area contributed by atoms with Crippen LogP contribution in [-0.4, -0.2) is 44.2 Å². The summed E-state index contributed by atoms with van der Waals surface area (Å²) in [6, 6.07) is 6.27. The van der Waals surface area contributed by atoms with Gasteiger partial charge in [-0.25, -0.2) is 4.39 Å². The van der Waals surface area contributed by atoms with Crippen LogP contribution in [0, 0.1) is 17.1 Å². The molecule has 0 bridgehead atoms. The minimum atomic E-state index is -0.372. The lowest BCUT2D eigenvalue weighted by Gasteiger charge is -2.27. The first-order valence-corrected chi connectivity index (χ1v) is 6.66. The maximum Gasteiger partial charge on any atom is 0.124 e. The van der Waals surface area contributed by atoms with Gasteiger partial charge in [-0.15, -0.1) is 0 Å². The molecule has 1 aliphatic heterocycles. The molecule has 0 atom stereocenters. The fourth-order valence-electron chi connectivity index (χ4n) is 2.22. The molecular formula is C14H19FN4. The topological polar surface area (TPSA) is 51.1 Å². The summed E-state index contributed by atoms with van der Waals surface area (Å²) < 4.78 is 13.0. The number of hydrogen-bond acceptors (Lipinski definition) is 4. The molecule has 0 amide bonds. The van der Waals surface area contributed by atoms with Crippen molar-refractivity contribution in [2.45, 2.75) is 6.42 Å². The average Bonchev–Trinajstić information content (AvgIpc) is 2.46. The van der Waals surface area contributed by atoms with Crippen molar-refractivity contribution in [2.75, 3.05) is 44.6 Å². The van der Waals surface area contributed by atoms with Gasteiger partial charge < -0.3 is 15.5 Å². The van der Waals surface area contributed by atoms with Crippen LogP contribution >= 0.6 is 0 Å². The van der Waals surface area contributed by atoms with E-state index in [9.17, 15) is 4.39 Å². The first-order chi connectivity index (χ1) is 9.29. The van der Waals surface area contributed by atoms with Crippen molar-refractivity contribution >= 4 is 5.69 Å². The molecule has 0 radical (unpaired) electrons. The Labute approximate surface area is 113 Å². The summed E-state index contributed by atoms with van der Waals surface area (Å²) in [5.41, 5.74) is 1.08. The van der Waals surface area contributed by atoms with E-state index in [1.807, 2.05) is 6.07 Å². The van der Waals surface area contributed by atoms with Gasteiger partial charge in [0.1, 0.15) is 11.9 Å². The number of piperazine rings is 1. The smallest absolute Gasteiger partial charge is 0.124 e. The quantitative estimate of drug-likeness (QED) is 0.788. The summed E-state index contributed by atoms with van der Waals surface area (Å²) in [4.78, 5) is 2.42. The van der Waals surface area contributed by atoms with Crippen molar-refractivity contribution in [2.24, 2.45) is 0 Å². The second kappa shape index (κ2) is 7.07. The number of benzene rings is 1. The molecule has 0 saturated carbocycles. The highest BCUT2D eigenvalue weighted by Crippen LogP contribution is 2.15. The highest BCUT2D eigenvalue weighted by atomic mass is 19.1. The maximum atomic E-state index is 13.0. The SMILES string of the molecule is N#Cc1cc(F)ccc1NCCCN1CCNCC1. The lowest BCUT2D eigenvalue weighted by Crippen LogP contribution is -2.44. The molecule has 4 nitrogen and oxygen atoms in total. The molecule has 0 aliphatic carbocycles. The predicted octanol–water partition coefficient (Wildman–Crippen LogP) is 1.40. The second-order valence-corrected chi connectivity index (χ2v) is 4.67. The molecule has 1 fully saturated rings. The fraction of sp³-hybridized carbons (Fsp3) is 0.500. The monoisotopic (exact) mass is 262 g/mol. The Morgan fingerprint density at radius 1 is 1.37 bits per heavy atom. The van der Waals surface area contributed by atoms with Crippen LogP contribution in [0.25, 0.3) is 0 Å². The normalized spacial score (nSPS) is 16.0. The van der Waals surface area contributed by atoms with E-state index in [2.05, 4.69) is 15.5 Å². The predicted molar refractivity (Wildman–Crippen MR) is 73.5 cm³/mol. The van der Waals surface area contributed by atoms with E-state index in [-0.39, 0.29) is 5.82 Å². The number of halogens is 1. The minimum absolute atomic E-state index is 0.363. The van der Waals surface area contributed by atoms with Crippen LogP contribution in [0.15, 0.2) is 18.2 Å². The molecule has 102 valence electrons. The summed E-state index contributed by atoms with van der Waals surface area (Å²) in [7, 11) is 0. The van der Waals surface area contributed by atoms with E-state index in [4.69, 9.17) is 5.26 Å². The standard InChI is InChI=1S/C14H19FN4/c15-13-2-3-14(12(10-13)11-16)18-4-1-7-19-8-5-17-6-9-19/h2-3,10,17-18H,1,4-9H2. The number of hydrogen-bond donors (Lipinski definition) is 2. The average molecular weight is 262 g/mol. The van der Waals surface area contributed by atoms with Crippen LogP contribution in [0.3, 0.4) is 0 Å². The molecule has 0 spiro atoms. The molecule has 19 heavy (non-hydrogen) atoms. The van der Waals surface area contributed by atoms with E-state index in [1.54, 1.807) is 6.07 Å². The summed E-state index contributed by atoms with van der Waals surface area (Å²) in [5, 5.41) is 15.5. The highest BCUT2D eigenvalue weighted by Gasteiger charge is 2.08. The van der Waals surface area contributed by atoms with Crippen LogP contribution in [0.5, 0.6) is 0 Å². The summed E-state index contributed by atoms with van der Waals surface area (Å²) in [6.07, 6.45) is 1.02. The van der Waals surface area contributed by atoms with Gasteiger partial charge in [0, 0.05) is 32.7 Å². The van der Waals surface area contributed by atoms with Crippen LogP contribution in [-0.2, 0) is 0 Å². The van der Waals surface area contributed by atoms with Gasteiger partial charge in [0.05, 0.1) is 11.3 Å². The van der Waals surface area contributed by atoms with Crippen LogP contribution in [0.2, 0.25) is 0 Å². The van der Waals surface area contributed by atoms with Gasteiger partial charge in [-0.1, -0.05) is 0 Å². The highest BCUT2D eigenvalue weighted by molar-refractivity contribution is 5.57. The zero-order chi connectivity index (χ0) is 13.5. The Hall–Kier alpha value is -1.64. The lowest BCUT2D eigenvalue weighted by molar-refractivity contribution is 0.240. The summed E-state index contributed by atoms with van der Waals surface area (Å²) >= 11 is 0. The van der Waals surface area contributed by atoms with Gasteiger partial charge in [-0.3, -0.25) is 0 Å². The van der Waals surface area contributed by atoms with E-state index in [0.29, 0.717) is 11.3 Å². The van der Waals surface area contributed by atoms with Gasteiger partial charge >= 0.3 is 0 Å². The molecule has 0 unspecified atom stereocenters. The first-order valence-electron chi connectivity index (χ1n) is 6.66. The third kappa shape index (κ3) is 4.19. The zero-order valence-corrected chi connectivity index (χ0v) is 11.0. The molecule has 1 aliphatic rings. The van der Waals surface area contributed by atoms with Gasteiger partial charge in [0.15, 0.2) is 0 Å². The van der Waals surface area contributed by atoms with Crippen molar-refractivity contribution in [3.63, 3.8) is 0 Å². The molecule has 2 rings (SSSR count).